The molecule has 2 heterocycles. The predicted molar refractivity (Wildman–Crippen MR) is 155 cm³/mol. The molecule has 0 bridgehead atoms. The molecule has 0 unspecified atom stereocenters. The third-order valence-corrected chi connectivity index (χ3v) is 9.48. The topological polar surface area (TPSA) is 54.9 Å². The van der Waals surface area contributed by atoms with Gasteiger partial charge in [-0.3, -0.25) is 0 Å². The summed E-state index contributed by atoms with van der Waals surface area (Å²) in [6, 6.07) is 13.2. The third kappa shape index (κ3) is 6.57. The zero-order valence-electron chi connectivity index (χ0n) is 22.4. The van der Waals surface area contributed by atoms with Gasteiger partial charge in [-0.05, 0) is 62.1 Å². The summed E-state index contributed by atoms with van der Waals surface area (Å²) in [6.07, 6.45) is 2.79. The zero-order valence-corrected chi connectivity index (χ0v) is 24.0. The monoisotopic (exact) mass is 576 g/mol. The number of alkyl halides is 3. The second-order valence-corrected chi connectivity index (χ2v) is 12.7. The van der Waals surface area contributed by atoms with Gasteiger partial charge in [0.2, 0.25) is 0 Å². The molecule has 0 amide bonds. The van der Waals surface area contributed by atoms with Gasteiger partial charge in [0, 0.05) is 34.0 Å². The molecule has 0 spiro atoms. The van der Waals surface area contributed by atoms with E-state index in [0.29, 0.717) is 22.2 Å². The van der Waals surface area contributed by atoms with E-state index >= 15 is 0 Å². The number of H-pyrrole nitrogens is 1. The first kappa shape index (κ1) is 29.3. The Morgan fingerprint density at radius 2 is 1.54 bits per heavy atom. The van der Waals surface area contributed by atoms with Gasteiger partial charge in [-0.2, -0.15) is 13.2 Å². The van der Waals surface area contributed by atoms with Gasteiger partial charge >= 0.3 is 6.18 Å². The Morgan fingerprint density at radius 3 is 2.18 bits per heavy atom. The van der Waals surface area contributed by atoms with Crippen LogP contribution >= 0.6 is 12.2 Å². The summed E-state index contributed by atoms with van der Waals surface area (Å²) < 4.78 is 69.0. The molecule has 0 atom stereocenters. The summed E-state index contributed by atoms with van der Waals surface area (Å²) in [7, 11) is -3.21. The van der Waals surface area contributed by atoms with Gasteiger partial charge in [0.15, 0.2) is 9.84 Å². The summed E-state index contributed by atoms with van der Waals surface area (Å²) in [6.45, 7) is 4.70. The van der Waals surface area contributed by atoms with Gasteiger partial charge in [-0.15, -0.1) is 0 Å². The highest BCUT2D eigenvalue weighted by atomic mass is 32.2. The molecule has 0 fully saturated rings. The van der Waals surface area contributed by atoms with Crippen LogP contribution in [0.2, 0.25) is 0 Å². The lowest BCUT2D eigenvalue weighted by Gasteiger charge is -2.13. The van der Waals surface area contributed by atoms with E-state index in [1.54, 1.807) is 30.3 Å². The Morgan fingerprint density at radius 1 is 0.897 bits per heavy atom. The van der Waals surface area contributed by atoms with Gasteiger partial charge < -0.3 is 9.55 Å². The van der Waals surface area contributed by atoms with E-state index in [4.69, 9.17) is 12.2 Å². The van der Waals surface area contributed by atoms with Crippen molar-refractivity contribution in [2.24, 2.45) is 0 Å². The Hall–Kier alpha value is -2.65. The molecule has 0 saturated heterocycles. The SMILES string of the molecule is CCc1c(C)c2c3c(C(F)(F)F)cc(=S)[nH]c3ccc2n1CCCCCCCCCS(=O)(=O)c1ccccc1. The molecule has 4 aromatic rings. The number of aryl methyl sites for hydroxylation is 2. The van der Waals surface area contributed by atoms with Crippen LogP contribution in [0.1, 0.15) is 68.7 Å². The highest BCUT2D eigenvalue weighted by molar-refractivity contribution is 7.91. The Balaban J connectivity index is 1.36. The lowest BCUT2D eigenvalue weighted by atomic mass is 10.0. The molecule has 0 aliphatic rings. The van der Waals surface area contributed by atoms with Crippen LogP contribution in [0.15, 0.2) is 53.4 Å². The zero-order chi connectivity index (χ0) is 28.2. The van der Waals surface area contributed by atoms with Crippen molar-refractivity contribution in [3.8, 4) is 0 Å². The third-order valence-electron chi connectivity index (χ3n) is 7.45. The fourth-order valence-electron chi connectivity index (χ4n) is 5.57. The molecule has 210 valence electrons. The van der Waals surface area contributed by atoms with Crippen LogP contribution in [0.5, 0.6) is 0 Å². The summed E-state index contributed by atoms with van der Waals surface area (Å²) in [5, 5.41) is 0.835. The smallest absolute Gasteiger partial charge is 0.346 e. The van der Waals surface area contributed by atoms with Crippen LogP contribution in [0, 0.1) is 11.6 Å². The number of sulfone groups is 1. The van der Waals surface area contributed by atoms with Gasteiger partial charge in [-0.1, -0.05) is 69.4 Å². The number of unbranched alkanes of at least 4 members (excludes halogenated alkanes) is 6. The molecule has 39 heavy (non-hydrogen) atoms. The molecule has 1 N–H and O–H groups in total. The molecule has 0 aliphatic carbocycles. The standard InChI is InChI=1S/C30H35F3N2O2S2/c1-3-25-21(2)28-26(17-16-24-29(28)23(30(31,32)33)20-27(38)34-24)35(25)18-12-7-5-4-6-8-13-19-39(36,37)22-14-10-9-11-15-22/h9-11,14-17,20H,3-8,12-13,18-19H2,1-2H3,(H,34,38). The number of pyridine rings is 1. The number of hydrogen-bond donors (Lipinski definition) is 1. The van der Waals surface area contributed by atoms with Crippen molar-refractivity contribution in [3.63, 3.8) is 0 Å². The van der Waals surface area contributed by atoms with Crippen LogP contribution in [-0.2, 0) is 29.0 Å². The van der Waals surface area contributed by atoms with Crippen molar-refractivity contribution >= 4 is 43.9 Å². The molecule has 2 aromatic heterocycles. The van der Waals surface area contributed by atoms with Crippen molar-refractivity contribution in [2.75, 3.05) is 5.75 Å². The van der Waals surface area contributed by atoms with Gasteiger partial charge in [0.05, 0.1) is 16.2 Å². The minimum Gasteiger partial charge on any atom is -0.346 e. The number of fused-ring (bicyclic) bond motifs is 3. The highest BCUT2D eigenvalue weighted by Gasteiger charge is 2.34. The van der Waals surface area contributed by atoms with Crippen LogP contribution in [0.3, 0.4) is 0 Å². The first-order valence-corrected chi connectivity index (χ1v) is 15.6. The maximum Gasteiger partial charge on any atom is 0.417 e. The number of halogens is 3. The van der Waals surface area contributed by atoms with E-state index in [-0.39, 0.29) is 15.8 Å². The maximum atomic E-state index is 14.0. The van der Waals surface area contributed by atoms with Crippen molar-refractivity contribution in [1.29, 1.82) is 0 Å². The van der Waals surface area contributed by atoms with Gasteiger partial charge in [0.25, 0.3) is 0 Å². The molecule has 4 nitrogen and oxygen atoms in total. The van der Waals surface area contributed by atoms with Crippen molar-refractivity contribution in [2.45, 2.75) is 82.8 Å². The molecule has 2 aromatic carbocycles. The van der Waals surface area contributed by atoms with Gasteiger partial charge in [0.1, 0.15) is 4.64 Å². The second kappa shape index (κ2) is 12.3. The fourth-order valence-corrected chi connectivity index (χ4v) is 7.19. The van der Waals surface area contributed by atoms with Crippen LogP contribution in [0.4, 0.5) is 13.2 Å². The fraction of sp³-hybridized carbons (Fsp3) is 0.433. The first-order valence-electron chi connectivity index (χ1n) is 13.6. The molecule has 0 saturated carbocycles. The van der Waals surface area contributed by atoms with Crippen LogP contribution < -0.4 is 0 Å². The average molecular weight is 577 g/mol. The Bertz CT molecular complexity index is 1610. The number of nitrogens with one attached hydrogen (secondary N) is 1. The number of aromatic amines is 1. The predicted octanol–water partition coefficient (Wildman–Crippen LogP) is 8.95. The van der Waals surface area contributed by atoms with E-state index in [9.17, 15) is 21.6 Å². The largest absolute Gasteiger partial charge is 0.417 e. The van der Waals surface area contributed by atoms with Gasteiger partial charge in [-0.25, -0.2) is 8.42 Å². The van der Waals surface area contributed by atoms with Crippen molar-refractivity contribution < 1.29 is 21.6 Å². The van der Waals surface area contributed by atoms with E-state index < -0.39 is 21.6 Å². The van der Waals surface area contributed by atoms with E-state index in [2.05, 4.69) is 9.55 Å². The molecule has 4 rings (SSSR count). The maximum absolute atomic E-state index is 14.0. The number of rotatable bonds is 12. The van der Waals surface area contributed by atoms with Crippen molar-refractivity contribution in [3.05, 3.63) is 70.0 Å². The molecular weight excluding hydrogens is 541 g/mol. The number of nitrogens with zero attached hydrogens (tertiary/aromatic N) is 1. The summed E-state index contributed by atoms with van der Waals surface area (Å²) in [5.41, 5.74) is 2.49. The molecule has 9 heteroatoms. The summed E-state index contributed by atoms with van der Waals surface area (Å²) in [4.78, 5) is 3.32. The minimum absolute atomic E-state index is 0.0693. The van der Waals surface area contributed by atoms with Crippen molar-refractivity contribution in [1.82, 2.24) is 9.55 Å². The quantitative estimate of drug-likeness (QED) is 0.135. The Labute approximate surface area is 233 Å². The second-order valence-electron chi connectivity index (χ2n) is 10.1. The lowest BCUT2D eigenvalue weighted by Crippen LogP contribution is -2.07. The minimum atomic E-state index is -4.50. The Kier molecular flexibility index (Phi) is 9.21. The van der Waals surface area contributed by atoms with E-state index in [1.165, 1.54) is 0 Å². The molecule has 0 radical (unpaired) electrons. The number of benzene rings is 2. The average Bonchev–Trinajstić information content (AvgIpc) is 3.17. The number of hydrogen-bond acceptors (Lipinski definition) is 3. The van der Waals surface area contributed by atoms with E-state index in [0.717, 1.165) is 74.3 Å². The molecule has 0 aliphatic heterocycles. The normalized spacial score (nSPS) is 12.5. The number of aromatic nitrogens is 2. The first-order chi connectivity index (χ1) is 18.5. The summed E-state index contributed by atoms with van der Waals surface area (Å²) >= 11 is 5.07. The van der Waals surface area contributed by atoms with Crippen LogP contribution in [0.25, 0.3) is 21.8 Å². The lowest BCUT2D eigenvalue weighted by molar-refractivity contribution is -0.136. The van der Waals surface area contributed by atoms with Crippen LogP contribution in [-0.4, -0.2) is 23.7 Å². The molecular formula is C30H35F3N2O2S2. The highest BCUT2D eigenvalue weighted by Crippen LogP contribution is 2.40. The summed E-state index contributed by atoms with van der Waals surface area (Å²) in [5.74, 6) is 0.174. The van der Waals surface area contributed by atoms with E-state index in [1.807, 2.05) is 26.0 Å².